The Morgan fingerprint density at radius 2 is 2.07 bits per heavy atom. The van der Waals surface area contributed by atoms with Gasteiger partial charge >= 0.3 is 0 Å². The second kappa shape index (κ2) is 5.83. The Balaban J connectivity index is 2.38. The Labute approximate surface area is 88.4 Å². The maximum Gasteiger partial charge on any atom is 0.123 e. The third-order valence-electron chi connectivity index (χ3n) is 1.68. The Hall–Kier alpha value is -0.800. The standard InChI is InChI=1S/C11H14FNS/c1-9(7-13-2)8-14-11-5-3-10(12)4-6-11/h3-6,13H,1,7-8H2,2H3. The number of likely N-dealkylation sites (N-methyl/N-ethyl adjacent to an activating group) is 1. The summed E-state index contributed by atoms with van der Waals surface area (Å²) in [5.41, 5.74) is 1.14. The average Bonchev–Trinajstić information content (AvgIpc) is 2.17. The minimum absolute atomic E-state index is 0.191. The third-order valence-corrected chi connectivity index (χ3v) is 2.84. The lowest BCUT2D eigenvalue weighted by Gasteiger charge is -2.04. The van der Waals surface area contributed by atoms with Crippen LogP contribution in [-0.2, 0) is 0 Å². The zero-order chi connectivity index (χ0) is 10.4. The largest absolute Gasteiger partial charge is 0.316 e. The van der Waals surface area contributed by atoms with Gasteiger partial charge in [-0.15, -0.1) is 11.8 Å². The molecular weight excluding hydrogens is 197 g/mol. The van der Waals surface area contributed by atoms with E-state index in [0.29, 0.717) is 0 Å². The first-order valence-corrected chi connectivity index (χ1v) is 5.40. The molecule has 3 heteroatoms. The van der Waals surface area contributed by atoms with E-state index < -0.39 is 0 Å². The molecule has 0 saturated carbocycles. The van der Waals surface area contributed by atoms with Crippen molar-refractivity contribution in [1.82, 2.24) is 5.32 Å². The zero-order valence-electron chi connectivity index (χ0n) is 8.22. The summed E-state index contributed by atoms with van der Waals surface area (Å²) in [5.74, 6) is 0.676. The number of halogens is 1. The molecule has 0 amide bonds. The van der Waals surface area contributed by atoms with Crippen LogP contribution in [0.15, 0.2) is 41.3 Å². The van der Waals surface area contributed by atoms with Gasteiger partial charge in [0.1, 0.15) is 5.82 Å². The van der Waals surface area contributed by atoms with E-state index in [4.69, 9.17) is 0 Å². The molecule has 0 saturated heterocycles. The minimum atomic E-state index is -0.191. The molecule has 1 rings (SSSR count). The highest BCUT2D eigenvalue weighted by atomic mass is 32.2. The van der Waals surface area contributed by atoms with Crippen molar-refractivity contribution in [3.05, 3.63) is 42.2 Å². The highest BCUT2D eigenvalue weighted by Crippen LogP contribution is 2.19. The summed E-state index contributed by atoms with van der Waals surface area (Å²) < 4.78 is 12.6. The normalized spacial score (nSPS) is 10.1. The second-order valence-electron chi connectivity index (χ2n) is 3.02. The van der Waals surface area contributed by atoms with Crippen molar-refractivity contribution in [2.45, 2.75) is 4.90 Å². The van der Waals surface area contributed by atoms with Gasteiger partial charge in [0.25, 0.3) is 0 Å². The number of thioether (sulfide) groups is 1. The molecule has 0 aliphatic heterocycles. The van der Waals surface area contributed by atoms with Crippen molar-refractivity contribution in [2.75, 3.05) is 19.3 Å². The van der Waals surface area contributed by atoms with Gasteiger partial charge in [0.05, 0.1) is 0 Å². The Morgan fingerprint density at radius 1 is 1.43 bits per heavy atom. The van der Waals surface area contributed by atoms with Crippen LogP contribution in [0.1, 0.15) is 0 Å². The van der Waals surface area contributed by atoms with Crippen LogP contribution < -0.4 is 5.32 Å². The van der Waals surface area contributed by atoms with Crippen molar-refractivity contribution in [3.63, 3.8) is 0 Å². The first-order valence-electron chi connectivity index (χ1n) is 4.42. The Kier molecular flexibility index (Phi) is 4.70. The fourth-order valence-electron chi connectivity index (χ4n) is 1.02. The molecule has 0 aliphatic carbocycles. The maximum atomic E-state index is 12.6. The molecule has 1 aromatic rings. The van der Waals surface area contributed by atoms with Crippen molar-refractivity contribution in [3.8, 4) is 0 Å². The first-order chi connectivity index (χ1) is 6.72. The predicted molar refractivity (Wildman–Crippen MR) is 60.2 cm³/mol. The predicted octanol–water partition coefficient (Wildman–Crippen LogP) is 2.69. The molecule has 1 N–H and O–H groups in total. The molecule has 76 valence electrons. The molecule has 0 fully saturated rings. The van der Waals surface area contributed by atoms with Crippen LogP contribution in [0.2, 0.25) is 0 Å². The van der Waals surface area contributed by atoms with Crippen LogP contribution >= 0.6 is 11.8 Å². The molecule has 0 spiro atoms. The first kappa shape index (κ1) is 11.3. The van der Waals surface area contributed by atoms with Gasteiger partial charge in [0.2, 0.25) is 0 Å². The van der Waals surface area contributed by atoms with Crippen LogP contribution in [-0.4, -0.2) is 19.3 Å². The van der Waals surface area contributed by atoms with E-state index in [-0.39, 0.29) is 5.82 Å². The average molecular weight is 211 g/mol. The summed E-state index contributed by atoms with van der Waals surface area (Å²) in [7, 11) is 1.90. The maximum absolute atomic E-state index is 12.6. The number of hydrogen-bond donors (Lipinski definition) is 1. The van der Waals surface area contributed by atoms with Gasteiger partial charge in [0.15, 0.2) is 0 Å². The van der Waals surface area contributed by atoms with Crippen molar-refractivity contribution in [1.29, 1.82) is 0 Å². The molecule has 0 atom stereocenters. The minimum Gasteiger partial charge on any atom is -0.316 e. The summed E-state index contributed by atoms with van der Waals surface area (Å²) >= 11 is 1.67. The van der Waals surface area contributed by atoms with Gasteiger partial charge in [0, 0.05) is 17.2 Å². The highest BCUT2D eigenvalue weighted by Gasteiger charge is 1.96. The Morgan fingerprint density at radius 3 is 2.64 bits per heavy atom. The molecular formula is C11H14FNS. The van der Waals surface area contributed by atoms with E-state index in [2.05, 4.69) is 11.9 Å². The lowest BCUT2D eigenvalue weighted by molar-refractivity contribution is 0.626. The van der Waals surface area contributed by atoms with Crippen LogP contribution in [0.5, 0.6) is 0 Å². The van der Waals surface area contributed by atoms with Gasteiger partial charge in [-0.25, -0.2) is 4.39 Å². The molecule has 0 unspecified atom stereocenters. The molecule has 0 bridgehead atoms. The van der Waals surface area contributed by atoms with Gasteiger partial charge in [-0.2, -0.15) is 0 Å². The number of hydrogen-bond acceptors (Lipinski definition) is 2. The van der Waals surface area contributed by atoms with E-state index in [1.807, 2.05) is 7.05 Å². The second-order valence-corrected chi connectivity index (χ2v) is 4.07. The van der Waals surface area contributed by atoms with Crippen molar-refractivity contribution < 1.29 is 4.39 Å². The van der Waals surface area contributed by atoms with Gasteiger partial charge in [-0.05, 0) is 31.3 Å². The molecule has 0 radical (unpaired) electrons. The van der Waals surface area contributed by atoms with Gasteiger partial charge in [-0.3, -0.25) is 0 Å². The highest BCUT2D eigenvalue weighted by molar-refractivity contribution is 7.99. The van der Waals surface area contributed by atoms with Crippen LogP contribution in [0.3, 0.4) is 0 Å². The fourth-order valence-corrected chi connectivity index (χ4v) is 1.82. The molecule has 14 heavy (non-hydrogen) atoms. The fraction of sp³-hybridized carbons (Fsp3) is 0.273. The van der Waals surface area contributed by atoms with Crippen LogP contribution in [0, 0.1) is 5.82 Å². The lowest BCUT2D eigenvalue weighted by atomic mass is 10.3. The van der Waals surface area contributed by atoms with Gasteiger partial charge in [-0.1, -0.05) is 12.2 Å². The van der Waals surface area contributed by atoms with E-state index in [0.717, 1.165) is 22.8 Å². The van der Waals surface area contributed by atoms with Crippen LogP contribution in [0.4, 0.5) is 4.39 Å². The van der Waals surface area contributed by atoms with E-state index in [1.54, 1.807) is 23.9 Å². The summed E-state index contributed by atoms with van der Waals surface area (Å²) in [6.45, 7) is 4.75. The summed E-state index contributed by atoms with van der Waals surface area (Å²) in [5, 5.41) is 3.04. The quantitative estimate of drug-likeness (QED) is 0.593. The zero-order valence-corrected chi connectivity index (χ0v) is 9.03. The molecule has 1 aromatic carbocycles. The summed E-state index contributed by atoms with van der Waals surface area (Å²) in [6.07, 6.45) is 0. The van der Waals surface area contributed by atoms with E-state index in [1.165, 1.54) is 12.1 Å². The van der Waals surface area contributed by atoms with E-state index in [9.17, 15) is 4.39 Å². The van der Waals surface area contributed by atoms with Crippen molar-refractivity contribution >= 4 is 11.8 Å². The lowest BCUT2D eigenvalue weighted by Crippen LogP contribution is -2.10. The molecule has 1 nitrogen and oxygen atoms in total. The number of rotatable bonds is 5. The van der Waals surface area contributed by atoms with Gasteiger partial charge < -0.3 is 5.32 Å². The third kappa shape index (κ3) is 3.94. The monoisotopic (exact) mass is 211 g/mol. The summed E-state index contributed by atoms with van der Waals surface area (Å²) in [6, 6.07) is 6.52. The van der Waals surface area contributed by atoms with Crippen molar-refractivity contribution in [2.24, 2.45) is 0 Å². The molecule has 0 heterocycles. The number of benzene rings is 1. The van der Waals surface area contributed by atoms with E-state index >= 15 is 0 Å². The molecule has 0 aromatic heterocycles. The summed E-state index contributed by atoms with van der Waals surface area (Å²) in [4.78, 5) is 1.07. The SMILES string of the molecule is C=C(CNC)CSc1ccc(F)cc1. The topological polar surface area (TPSA) is 12.0 Å². The smallest absolute Gasteiger partial charge is 0.123 e. The number of nitrogens with one attached hydrogen (secondary N) is 1. The Bertz CT molecular complexity index is 295. The van der Waals surface area contributed by atoms with Crippen LogP contribution in [0.25, 0.3) is 0 Å². The molecule has 0 aliphatic rings.